The van der Waals surface area contributed by atoms with Gasteiger partial charge in [-0.1, -0.05) is 31.5 Å². The Hall–Kier alpha value is -1.52. The van der Waals surface area contributed by atoms with Gasteiger partial charge in [0.05, 0.1) is 5.02 Å². The first-order valence-electron chi connectivity index (χ1n) is 6.55. The minimum atomic E-state index is -1.01. The fourth-order valence-electron chi connectivity index (χ4n) is 1.94. The van der Waals surface area contributed by atoms with Gasteiger partial charge in [-0.3, -0.25) is 0 Å². The van der Waals surface area contributed by atoms with Crippen molar-refractivity contribution < 1.29 is 13.2 Å². The Morgan fingerprint density at radius 1 is 1.00 bits per heavy atom. The molecule has 5 heteroatoms. The number of hydrogen-bond donors (Lipinski definition) is 1. The fourth-order valence-corrected chi connectivity index (χ4v) is 2.20. The van der Waals surface area contributed by atoms with E-state index in [-0.39, 0.29) is 16.9 Å². The molecule has 0 bridgehead atoms. The largest absolute Gasteiger partial charge is 0.310 e. The molecule has 21 heavy (non-hydrogen) atoms. The maximum absolute atomic E-state index is 13.8. The standard InChI is InChI=1S/C16H15ClF3N/c1-9(2)21-8-11-5-10(3-4-14(11)18)12-6-15(19)16(20)7-13(12)17/h3-7,9,21H,8H2,1-2H3. The van der Waals surface area contributed by atoms with Gasteiger partial charge in [0.1, 0.15) is 5.82 Å². The summed E-state index contributed by atoms with van der Waals surface area (Å²) in [5.41, 5.74) is 1.32. The van der Waals surface area contributed by atoms with Crippen molar-refractivity contribution in [2.75, 3.05) is 0 Å². The molecular formula is C16H15ClF3N. The molecule has 0 heterocycles. The van der Waals surface area contributed by atoms with Crippen LogP contribution in [0.5, 0.6) is 0 Å². The summed E-state index contributed by atoms with van der Waals surface area (Å²) < 4.78 is 40.2. The summed E-state index contributed by atoms with van der Waals surface area (Å²) in [6.45, 7) is 4.25. The number of hydrogen-bond acceptors (Lipinski definition) is 1. The van der Waals surface area contributed by atoms with E-state index in [1.54, 1.807) is 6.07 Å². The average Bonchev–Trinajstić information content (AvgIpc) is 2.42. The van der Waals surface area contributed by atoms with Gasteiger partial charge in [-0.05, 0) is 29.8 Å². The van der Waals surface area contributed by atoms with E-state index in [0.717, 1.165) is 12.1 Å². The summed E-state index contributed by atoms with van der Waals surface area (Å²) >= 11 is 5.94. The molecule has 0 fully saturated rings. The first-order valence-corrected chi connectivity index (χ1v) is 6.93. The SMILES string of the molecule is CC(C)NCc1cc(-c2cc(F)c(F)cc2Cl)ccc1F. The summed E-state index contributed by atoms with van der Waals surface area (Å²) in [6.07, 6.45) is 0. The van der Waals surface area contributed by atoms with E-state index in [9.17, 15) is 13.2 Å². The maximum atomic E-state index is 13.8. The van der Waals surface area contributed by atoms with Crippen LogP contribution in [0, 0.1) is 17.5 Å². The van der Waals surface area contributed by atoms with Crippen LogP contribution in [0.4, 0.5) is 13.2 Å². The van der Waals surface area contributed by atoms with Crippen LogP contribution < -0.4 is 5.32 Å². The topological polar surface area (TPSA) is 12.0 Å². The molecule has 0 saturated heterocycles. The van der Waals surface area contributed by atoms with Crippen molar-refractivity contribution in [1.29, 1.82) is 0 Å². The third kappa shape index (κ3) is 3.77. The van der Waals surface area contributed by atoms with Crippen LogP contribution in [0.25, 0.3) is 11.1 Å². The highest BCUT2D eigenvalue weighted by Gasteiger charge is 2.12. The molecule has 0 atom stereocenters. The van der Waals surface area contributed by atoms with Crippen molar-refractivity contribution in [3.8, 4) is 11.1 Å². The summed E-state index contributed by atoms with van der Waals surface area (Å²) in [4.78, 5) is 0. The van der Waals surface area contributed by atoms with E-state index < -0.39 is 11.6 Å². The van der Waals surface area contributed by atoms with Crippen molar-refractivity contribution in [2.24, 2.45) is 0 Å². The molecule has 2 rings (SSSR count). The lowest BCUT2D eigenvalue weighted by Gasteiger charge is -2.12. The van der Waals surface area contributed by atoms with Crippen LogP contribution in [0.3, 0.4) is 0 Å². The molecule has 1 nitrogen and oxygen atoms in total. The number of halogens is 4. The zero-order chi connectivity index (χ0) is 15.6. The maximum Gasteiger partial charge on any atom is 0.160 e. The Morgan fingerprint density at radius 2 is 1.67 bits per heavy atom. The van der Waals surface area contributed by atoms with Crippen molar-refractivity contribution >= 4 is 11.6 Å². The lowest BCUT2D eigenvalue weighted by atomic mass is 10.0. The van der Waals surface area contributed by atoms with Crippen molar-refractivity contribution in [3.63, 3.8) is 0 Å². The monoisotopic (exact) mass is 313 g/mol. The van der Waals surface area contributed by atoms with Crippen molar-refractivity contribution in [3.05, 3.63) is 58.4 Å². The molecular weight excluding hydrogens is 299 g/mol. The third-order valence-electron chi connectivity index (χ3n) is 3.07. The molecule has 0 amide bonds. The summed E-state index contributed by atoms with van der Waals surface area (Å²) in [6, 6.07) is 6.52. The van der Waals surface area contributed by atoms with E-state index >= 15 is 0 Å². The Bertz CT molecular complexity index is 656. The first kappa shape index (κ1) is 15.9. The van der Waals surface area contributed by atoms with Gasteiger partial charge in [-0.2, -0.15) is 0 Å². The van der Waals surface area contributed by atoms with Crippen LogP contribution in [0.1, 0.15) is 19.4 Å². The Labute approximate surface area is 126 Å². The minimum absolute atomic E-state index is 0.0864. The summed E-state index contributed by atoms with van der Waals surface area (Å²) in [5, 5.41) is 3.20. The number of nitrogens with one attached hydrogen (secondary N) is 1. The van der Waals surface area contributed by atoms with Gasteiger partial charge in [0.15, 0.2) is 11.6 Å². The second-order valence-electron chi connectivity index (χ2n) is 5.09. The molecule has 2 aromatic rings. The van der Waals surface area contributed by atoms with Crippen LogP contribution in [-0.4, -0.2) is 6.04 Å². The highest BCUT2D eigenvalue weighted by atomic mass is 35.5. The highest BCUT2D eigenvalue weighted by molar-refractivity contribution is 6.33. The van der Waals surface area contributed by atoms with Crippen LogP contribution in [0.2, 0.25) is 5.02 Å². The average molecular weight is 314 g/mol. The minimum Gasteiger partial charge on any atom is -0.310 e. The molecule has 0 radical (unpaired) electrons. The molecule has 0 saturated carbocycles. The van der Waals surface area contributed by atoms with Crippen LogP contribution >= 0.6 is 11.6 Å². The molecule has 0 aliphatic carbocycles. The zero-order valence-electron chi connectivity index (χ0n) is 11.7. The van der Waals surface area contributed by atoms with Gasteiger partial charge >= 0.3 is 0 Å². The lowest BCUT2D eigenvalue weighted by Crippen LogP contribution is -2.22. The second-order valence-corrected chi connectivity index (χ2v) is 5.50. The van der Waals surface area contributed by atoms with Crippen LogP contribution in [0.15, 0.2) is 30.3 Å². The molecule has 2 aromatic carbocycles. The Balaban J connectivity index is 2.41. The predicted octanol–water partition coefficient (Wildman–Crippen LogP) is 4.92. The number of rotatable bonds is 4. The second kappa shape index (κ2) is 6.50. The van der Waals surface area contributed by atoms with Crippen molar-refractivity contribution in [1.82, 2.24) is 5.32 Å². The molecule has 0 aliphatic rings. The van der Waals surface area contributed by atoms with E-state index in [4.69, 9.17) is 11.6 Å². The van der Waals surface area contributed by atoms with Crippen LogP contribution in [-0.2, 0) is 6.54 Å². The molecule has 0 aliphatic heterocycles. The Morgan fingerprint density at radius 3 is 2.33 bits per heavy atom. The smallest absolute Gasteiger partial charge is 0.160 e. The van der Waals surface area contributed by atoms with Gasteiger partial charge in [0.25, 0.3) is 0 Å². The summed E-state index contributed by atoms with van der Waals surface area (Å²) in [5.74, 6) is -2.35. The van der Waals surface area contributed by atoms with Gasteiger partial charge in [-0.25, -0.2) is 13.2 Å². The van der Waals surface area contributed by atoms with Gasteiger partial charge < -0.3 is 5.32 Å². The van der Waals surface area contributed by atoms with Crippen molar-refractivity contribution in [2.45, 2.75) is 26.4 Å². The summed E-state index contributed by atoms with van der Waals surface area (Å²) in [7, 11) is 0. The lowest BCUT2D eigenvalue weighted by molar-refractivity contribution is 0.509. The molecule has 0 aromatic heterocycles. The number of benzene rings is 2. The van der Waals surface area contributed by atoms with Gasteiger partial charge in [-0.15, -0.1) is 0 Å². The molecule has 112 valence electrons. The molecule has 1 N–H and O–H groups in total. The first-order chi connectivity index (χ1) is 9.88. The predicted molar refractivity (Wildman–Crippen MR) is 78.7 cm³/mol. The van der Waals surface area contributed by atoms with Gasteiger partial charge in [0.2, 0.25) is 0 Å². The normalized spacial score (nSPS) is 11.2. The third-order valence-corrected chi connectivity index (χ3v) is 3.38. The zero-order valence-corrected chi connectivity index (χ0v) is 12.4. The molecule has 0 unspecified atom stereocenters. The van der Waals surface area contributed by atoms with Gasteiger partial charge in [0, 0.05) is 23.7 Å². The Kier molecular flexibility index (Phi) is 4.91. The van der Waals surface area contributed by atoms with E-state index in [1.807, 2.05) is 13.8 Å². The quantitative estimate of drug-likeness (QED) is 0.790. The fraction of sp³-hybridized carbons (Fsp3) is 0.250. The van der Waals surface area contributed by atoms with E-state index in [1.165, 1.54) is 12.1 Å². The molecule has 0 spiro atoms. The van der Waals surface area contributed by atoms with E-state index in [0.29, 0.717) is 23.2 Å². The highest BCUT2D eigenvalue weighted by Crippen LogP contribution is 2.31. The van der Waals surface area contributed by atoms with E-state index in [2.05, 4.69) is 5.32 Å².